The van der Waals surface area contributed by atoms with E-state index in [1.807, 2.05) is 19.9 Å². The van der Waals surface area contributed by atoms with Crippen LogP contribution in [0.3, 0.4) is 0 Å². The van der Waals surface area contributed by atoms with E-state index in [1.54, 1.807) is 6.07 Å². The molecule has 1 aromatic rings. The van der Waals surface area contributed by atoms with E-state index in [4.69, 9.17) is 0 Å². The van der Waals surface area contributed by atoms with Gasteiger partial charge in [0.1, 0.15) is 0 Å². The predicted molar refractivity (Wildman–Crippen MR) is 59.3 cm³/mol. The van der Waals surface area contributed by atoms with Crippen LogP contribution in [0, 0.1) is 0 Å². The summed E-state index contributed by atoms with van der Waals surface area (Å²) < 4.78 is 40.7. The van der Waals surface area contributed by atoms with Crippen molar-refractivity contribution in [1.29, 1.82) is 0 Å². The summed E-state index contributed by atoms with van der Waals surface area (Å²) in [6, 6.07) is 4.78. The van der Waals surface area contributed by atoms with Gasteiger partial charge in [0.05, 0.1) is 5.69 Å². The third-order valence-corrected chi connectivity index (χ3v) is 3.34. The van der Waals surface area contributed by atoms with Crippen LogP contribution in [-0.2, 0) is 5.41 Å². The van der Waals surface area contributed by atoms with Crippen molar-refractivity contribution in [3.05, 3.63) is 23.8 Å². The molecule has 17 heavy (non-hydrogen) atoms. The maximum atomic E-state index is 12.2. The number of benzene rings is 1. The molecule has 0 aliphatic carbocycles. The lowest BCUT2D eigenvalue weighted by Gasteiger charge is -2.21. The van der Waals surface area contributed by atoms with Gasteiger partial charge in [-0.2, -0.15) is 0 Å². The fraction of sp³-hybridized carbons (Fsp3) is 0.500. The zero-order valence-corrected chi connectivity index (χ0v) is 9.69. The molecule has 2 rings (SSSR count). The SMILES string of the molecule is CCC1(C)CNc2c(OC(F)(F)F)cccc21. The second-order valence-corrected chi connectivity index (χ2v) is 4.49. The number of hydrogen-bond donors (Lipinski definition) is 1. The van der Waals surface area contributed by atoms with Crippen molar-refractivity contribution in [1.82, 2.24) is 0 Å². The van der Waals surface area contributed by atoms with Crippen LogP contribution >= 0.6 is 0 Å². The molecule has 0 aromatic heterocycles. The topological polar surface area (TPSA) is 21.3 Å². The van der Waals surface area contributed by atoms with Gasteiger partial charge in [-0.15, -0.1) is 13.2 Å². The highest BCUT2D eigenvalue weighted by Gasteiger charge is 2.37. The van der Waals surface area contributed by atoms with Crippen molar-refractivity contribution in [2.24, 2.45) is 0 Å². The monoisotopic (exact) mass is 245 g/mol. The Hall–Kier alpha value is -1.39. The quantitative estimate of drug-likeness (QED) is 0.858. The summed E-state index contributed by atoms with van der Waals surface area (Å²) in [5.74, 6) is -0.146. The van der Waals surface area contributed by atoms with E-state index in [-0.39, 0.29) is 11.2 Å². The average Bonchev–Trinajstić information content (AvgIpc) is 2.57. The molecule has 1 atom stereocenters. The van der Waals surface area contributed by atoms with Crippen molar-refractivity contribution in [2.45, 2.75) is 32.0 Å². The van der Waals surface area contributed by atoms with E-state index in [1.165, 1.54) is 6.07 Å². The van der Waals surface area contributed by atoms with Crippen LogP contribution in [0.4, 0.5) is 18.9 Å². The maximum Gasteiger partial charge on any atom is 0.573 e. The van der Waals surface area contributed by atoms with E-state index in [9.17, 15) is 13.2 Å². The van der Waals surface area contributed by atoms with Gasteiger partial charge >= 0.3 is 6.36 Å². The molecular weight excluding hydrogens is 231 g/mol. The van der Waals surface area contributed by atoms with E-state index in [0.29, 0.717) is 12.2 Å². The Labute approximate surface area is 97.8 Å². The Balaban J connectivity index is 2.40. The molecular formula is C12H14F3NO. The minimum absolute atomic E-state index is 0.125. The molecule has 1 aliphatic rings. The van der Waals surface area contributed by atoms with Crippen molar-refractivity contribution < 1.29 is 17.9 Å². The summed E-state index contributed by atoms with van der Waals surface area (Å²) in [4.78, 5) is 0. The van der Waals surface area contributed by atoms with Crippen molar-refractivity contribution in [2.75, 3.05) is 11.9 Å². The lowest BCUT2D eigenvalue weighted by atomic mass is 9.82. The number of hydrogen-bond acceptors (Lipinski definition) is 2. The van der Waals surface area contributed by atoms with Gasteiger partial charge < -0.3 is 10.1 Å². The number of alkyl halides is 3. The summed E-state index contributed by atoms with van der Waals surface area (Å²) in [6.45, 7) is 4.69. The van der Waals surface area contributed by atoms with Crippen LogP contribution in [0.25, 0.3) is 0 Å². The van der Waals surface area contributed by atoms with Crippen molar-refractivity contribution in [3.8, 4) is 5.75 Å². The van der Waals surface area contributed by atoms with Crippen molar-refractivity contribution >= 4 is 5.69 Å². The molecule has 0 radical (unpaired) electrons. The molecule has 0 spiro atoms. The normalized spacial score (nSPS) is 23.1. The number of para-hydroxylation sites is 1. The highest BCUT2D eigenvalue weighted by atomic mass is 19.4. The second kappa shape index (κ2) is 3.82. The van der Waals surface area contributed by atoms with Crippen LogP contribution in [0.15, 0.2) is 18.2 Å². The highest BCUT2D eigenvalue weighted by Crippen LogP contribution is 2.44. The maximum absolute atomic E-state index is 12.2. The van der Waals surface area contributed by atoms with Gasteiger partial charge in [0.25, 0.3) is 0 Å². The van der Waals surface area contributed by atoms with Gasteiger partial charge in [-0.25, -0.2) is 0 Å². The number of rotatable bonds is 2. The molecule has 1 aliphatic heterocycles. The zero-order chi connectivity index (χ0) is 12.7. The number of anilines is 1. The second-order valence-electron chi connectivity index (χ2n) is 4.49. The zero-order valence-electron chi connectivity index (χ0n) is 9.69. The van der Waals surface area contributed by atoms with Gasteiger partial charge in [0.2, 0.25) is 0 Å². The summed E-state index contributed by atoms with van der Waals surface area (Å²) in [5.41, 5.74) is 1.23. The van der Waals surface area contributed by atoms with Crippen LogP contribution in [0.2, 0.25) is 0 Å². The molecule has 0 saturated carbocycles. The fourth-order valence-electron chi connectivity index (χ4n) is 2.12. The summed E-state index contributed by atoms with van der Waals surface area (Å²) in [5, 5.41) is 3.01. The fourth-order valence-corrected chi connectivity index (χ4v) is 2.12. The third-order valence-electron chi connectivity index (χ3n) is 3.34. The number of ether oxygens (including phenoxy) is 1. The lowest BCUT2D eigenvalue weighted by Crippen LogP contribution is -2.22. The first-order chi connectivity index (χ1) is 7.86. The first-order valence-corrected chi connectivity index (χ1v) is 5.49. The standard InChI is InChI=1S/C12H14F3NO/c1-3-11(2)7-16-10-8(11)5-4-6-9(10)17-12(13,14)15/h4-6,16H,3,7H2,1-2H3. The Morgan fingerprint density at radius 2 is 2.12 bits per heavy atom. The van der Waals surface area contributed by atoms with Gasteiger partial charge in [0, 0.05) is 12.0 Å². The smallest absolute Gasteiger partial charge is 0.404 e. The summed E-state index contributed by atoms with van der Waals surface area (Å²) >= 11 is 0. The van der Waals surface area contributed by atoms with Crippen LogP contribution in [0.1, 0.15) is 25.8 Å². The third kappa shape index (κ3) is 2.18. The first-order valence-electron chi connectivity index (χ1n) is 5.49. The van der Waals surface area contributed by atoms with Crippen LogP contribution in [0.5, 0.6) is 5.75 Å². The minimum atomic E-state index is -4.65. The van der Waals surface area contributed by atoms with Crippen LogP contribution in [-0.4, -0.2) is 12.9 Å². The number of halogens is 3. The Kier molecular flexibility index (Phi) is 2.72. The molecule has 0 amide bonds. The van der Waals surface area contributed by atoms with Gasteiger partial charge in [-0.05, 0) is 18.1 Å². The highest BCUT2D eigenvalue weighted by molar-refractivity contribution is 5.68. The molecule has 1 unspecified atom stereocenters. The van der Waals surface area contributed by atoms with Gasteiger partial charge in [-0.3, -0.25) is 0 Å². The summed E-state index contributed by atoms with van der Waals surface area (Å²) in [6.07, 6.45) is -3.79. The van der Waals surface area contributed by atoms with E-state index in [0.717, 1.165) is 12.0 Å². The molecule has 0 bridgehead atoms. The lowest BCUT2D eigenvalue weighted by molar-refractivity contribution is -0.274. The number of fused-ring (bicyclic) bond motifs is 1. The van der Waals surface area contributed by atoms with Crippen molar-refractivity contribution in [3.63, 3.8) is 0 Å². The predicted octanol–water partition coefficient (Wildman–Crippen LogP) is 3.68. The average molecular weight is 245 g/mol. The molecule has 94 valence electrons. The van der Waals surface area contributed by atoms with Gasteiger partial charge in [-0.1, -0.05) is 26.0 Å². The molecule has 1 N–H and O–H groups in total. The largest absolute Gasteiger partial charge is 0.573 e. The molecule has 1 aromatic carbocycles. The Bertz CT molecular complexity index is 430. The van der Waals surface area contributed by atoms with Gasteiger partial charge in [0.15, 0.2) is 5.75 Å². The minimum Gasteiger partial charge on any atom is -0.404 e. The molecule has 2 nitrogen and oxygen atoms in total. The Morgan fingerprint density at radius 3 is 2.71 bits per heavy atom. The molecule has 0 fully saturated rings. The Morgan fingerprint density at radius 1 is 1.41 bits per heavy atom. The van der Waals surface area contributed by atoms with E-state index < -0.39 is 6.36 Å². The molecule has 1 heterocycles. The summed E-state index contributed by atoms with van der Waals surface area (Å²) in [7, 11) is 0. The van der Waals surface area contributed by atoms with Crippen LogP contribution < -0.4 is 10.1 Å². The first kappa shape index (κ1) is 12.1. The molecule has 0 saturated heterocycles. The van der Waals surface area contributed by atoms with E-state index in [2.05, 4.69) is 10.1 Å². The number of nitrogens with one attached hydrogen (secondary N) is 1. The molecule has 5 heteroatoms. The van der Waals surface area contributed by atoms with E-state index >= 15 is 0 Å².